The predicted molar refractivity (Wildman–Crippen MR) is 398 cm³/mol. The first-order valence-corrected chi connectivity index (χ1v) is 38.4. The van der Waals surface area contributed by atoms with E-state index in [-0.39, 0.29) is 105 Å². The summed E-state index contributed by atoms with van der Waals surface area (Å²) in [4.78, 5) is 161. The number of likely N-dealkylation sites (N-methyl/N-ethyl adjacent to an activating group) is 2. The first kappa shape index (κ1) is 84.9. The standard InChI is InChI=1S/C77H118N12O14S/c1-14-50(8)67(60(101-12)45-63(92)88-41-26-32-59(88)68(102-13)51(9)69(93)83-58(73-79-39-42-104-73)43-52-27-19-17-20-28-52)86(10)75(98)65(48(4)5)85-72(96)66(49(6)7)87(11)77(100)103-46-53-34-36-55(37-35-53)81-70(94)57(31-25-38-80-76(78)99)82-71(95)64(47(2)3)84-61(90)33-23-18-24-40-89-62(91)44-56(74(89)97)54-29-21-15-16-22-30-54/h17,19-20,27-28,34-37,39,42,47-51,54,56-60,64-68H,14-16,18,21-26,29-33,38,40-41,43-46H2,1-13H3,(H,81,94)(H,82,95)(H,83,93)(H,84,90)(H,85,96)(H3,78,80,99)/t50-,51+,56?,57-,58-,59-,60+,64-,65-,66-,67-,68+/m0/s1. The number of unbranched alkanes of at least 4 members (excludes halogenated alkanes) is 2. The Labute approximate surface area is 619 Å². The molecular formula is C77H118N12O14S. The minimum absolute atomic E-state index is 0.0703. The van der Waals surface area contributed by atoms with Gasteiger partial charge in [-0.05, 0) is 111 Å². The van der Waals surface area contributed by atoms with Crippen LogP contribution in [0.4, 0.5) is 15.3 Å². The van der Waals surface area contributed by atoms with Crippen LogP contribution in [0, 0.1) is 41.4 Å². The van der Waals surface area contributed by atoms with Crippen LogP contribution in [0.15, 0.2) is 66.2 Å². The van der Waals surface area contributed by atoms with Crippen LogP contribution < -0.4 is 37.6 Å². The monoisotopic (exact) mass is 1470 g/mol. The highest BCUT2D eigenvalue weighted by Gasteiger charge is 2.45. The van der Waals surface area contributed by atoms with E-state index < -0.39 is 102 Å². The lowest BCUT2D eigenvalue weighted by Crippen LogP contribution is -2.60. The molecule has 1 saturated carbocycles. The van der Waals surface area contributed by atoms with Crippen LogP contribution in [0.1, 0.15) is 194 Å². The Hall–Kier alpha value is -8.04. The molecule has 1 unspecified atom stereocenters. The van der Waals surface area contributed by atoms with Gasteiger partial charge >= 0.3 is 12.1 Å². The Bertz CT molecular complexity index is 3280. The van der Waals surface area contributed by atoms with Gasteiger partial charge in [0.05, 0.1) is 48.6 Å². The molecule has 6 rings (SSSR count). The van der Waals surface area contributed by atoms with Gasteiger partial charge in [0.1, 0.15) is 35.8 Å². The zero-order valence-electron chi connectivity index (χ0n) is 63.6. The second kappa shape index (κ2) is 42.2. The van der Waals surface area contributed by atoms with E-state index in [9.17, 15) is 52.7 Å². The fourth-order valence-corrected chi connectivity index (χ4v) is 15.5. The Balaban J connectivity index is 1.01. The average molecular weight is 1470 g/mol. The van der Waals surface area contributed by atoms with Crippen molar-refractivity contribution in [2.75, 3.05) is 53.3 Å². The molecule has 3 heterocycles. The topological polar surface area (TPSA) is 340 Å². The van der Waals surface area contributed by atoms with Gasteiger partial charge in [0, 0.05) is 78.1 Å². The highest BCUT2D eigenvalue weighted by atomic mass is 32.1. The van der Waals surface area contributed by atoms with Gasteiger partial charge in [0.25, 0.3) is 0 Å². The summed E-state index contributed by atoms with van der Waals surface area (Å²) < 4.78 is 18.0. The summed E-state index contributed by atoms with van der Waals surface area (Å²) in [5.74, 6) is -5.16. The maximum atomic E-state index is 14.9. The molecule has 1 aliphatic carbocycles. The molecule has 2 saturated heterocycles. The molecule has 1 aromatic heterocycles. The maximum absolute atomic E-state index is 14.9. The van der Waals surface area contributed by atoms with E-state index in [0.717, 1.165) is 36.3 Å². The molecule has 0 spiro atoms. The van der Waals surface area contributed by atoms with Crippen LogP contribution in [-0.4, -0.2) is 186 Å². The van der Waals surface area contributed by atoms with Crippen LogP contribution in [0.25, 0.3) is 0 Å². The molecule has 2 aromatic carbocycles. The zero-order chi connectivity index (χ0) is 76.3. The largest absolute Gasteiger partial charge is 0.445 e. The number of hydrogen-bond donors (Lipinski definition) is 7. The zero-order valence-corrected chi connectivity index (χ0v) is 64.4. The van der Waals surface area contributed by atoms with Crippen molar-refractivity contribution in [1.82, 2.24) is 51.2 Å². The third-order valence-electron chi connectivity index (χ3n) is 20.9. The SMILES string of the molecule is CC[C@H](C)[C@@H]([C@@H](CC(=O)N1CCC[C@H]1[C@H](OC)[C@@H](C)C(=O)N[C@@H](Cc1ccccc1)c1nccs1)OC)N(C)C(=O)[C@@H](NC(=O)[C@H](C(C)C)N(C)C(=O)OCc1ccc(NC(=O)[C@H](CCCNC(N)=O)NC(=O)[C@@H](NC(=O)CCCCCN2C(=O)CC(C3CCCCCC3)C2=O)C(C)C)cc1)C(C)C. The van der Waals surface area contributed by atoms with Crippen LogP contribution in [-0.2, 0) is 70.4 Å². The maximum Gasteiger partial charge on any atom is 0.410 e. The number of ether oxygens (including phenoxy) is 3. The molecule has 0 bridgehead atoms. The smallest absolute Gasteiger partial charge is 0.410 e. The summed E-state index contributed by atoms with van der Waals surface area (Å²) in [5.41, 5.74) is 7.22. The summed E-state index contributed by atoms with van der Waals surface area (Å²) in [6.45, 7) is 17.2. The Kier molecular flexibility index (Phi) is 34.4. The first-order valence-electron chi connectivity index (χ1n) is 37.5. The molecule has 26 nitrogen and oxygen atoms in total. The highest BCUT2D eigenvalue weighted by Crippen LogP contribution is 2.37. The lowest BCUT2D eigenvalue weighted by atomic mass is 9.85. The molecule has 0 radical (unpaired) electrons. The minimum Gasteiger partial charge on any atom is -0.445 e. The number of nitrogens with zero attached hydrogens (tertiary/aromatic N) is 5. The van der Waals surface area contributed by atoms with Gasteiger partial charge in [-0.25, -0.2) is 14.6 Å². The molecule has 12 amide bonds. The summed E-state index contributed by atoms with van der Waals surface area (Å²) in [6, 6.07) is 9.94. The number of thiazole rings is 1. The lowest BCUT2D eigenvalue weighted by molar-refractivity contribution is -0.148. The normalized spacial score (nSPS) is 18.6. The van der Waals surface area contributed by atoms with Gasteiger partial charge in [-0.2, -0.15) is 0 Å². The summed E-state index contributed by atoms with van der Waals surface area (Å²) >= 11 is 1.47. The number of carbonyl (C=O) groups excluding carboxylic acids is 11. The average Bonchev–Trinajstić information content (AvgIpc) is 1.34. The predicted octanol–water partition coefficient (Wildman–Crippen LogP) is 8.82. The van der Waals surface area contributed by atoms with Crippen LogP contribution >= 0.6 is 11.3 Å². The Morgan fingerprint density at radius 3 is 2.00 bits per heavy atom. The second-order valence-corrected chi connectivity index (χ2v) is 30.4. The van der Waals surface area contributed by atoms with Crippen molar-refractivity contribution in [2.45, 2.75) is 239 Å². The summed E-state index contributed by atoms with van der Waals surface area (Å²) in [6.07, 6.45) is 10.8. The van der Waals surface area contributed by atoms with E-state index in [1.807, 2.05) is 70.3 Å². The molecule has 12 atom stereocenters. The molecule has 8 N–H and O–H groups in total. The number of benzene rings is 2. The number of hydrogen-bond acceptors (Lipinski definition) is 16. The van der Waals surface area contributed by atoms with Gasteiger partial charge in [0.15, 0.2) is 0 Å². The van der Waals surface area contributed by atoms with Gasteiger partial charge in [-0.15, -0.1) is 11.3 Å². The number of methoxy groups -OCH3 is 2. The molecule has 3 aliphatic rings. The van der Waals surface area contributed by atoms with Crippen molar-refractivity contribution in [3.05, 3.63) is 82.3 Å². The third-order valence-corrected chi connectivity index (χ3v) is 21.8. The van der Waals surface area contributed by atoms with E-state index in [1.54, 1.807) is 82.1 Å². The number of nitrogens with one attached hydrogen (secondary N) is 6. The van der Waals surface area contributed by atoms with Gasteiger partial charge in [-0.3, -0.25) is 53.0 Å². The number of anilines is 1. The fourth-order valence-electron chi connectivity index (χ4n) is 14.8. The first-order chi connectivity index (χ1) is 49.6. The second-order valence-electron chi connectivity index (χ2n) is 29.5. The van der Waals surface area contributed by atoms with Crippen LogP contribution in [0.2, 0.25) is 0 Å². The van der Waals surface area contributed by atoms with Crippen molar-refractivity contribution < 1.29 is 67.0 Å². The minimum atomic E-state index is -1.11. The van der Waals surface area contributed by atoms with Crippen LogP contribution in [0.3, 0.4) is 0 Å². The van der Waals surface area contributed by atoms with Crippen molar-refractivity contribution in [2.24, 2.45) is 47.2 Å². The van der Waals surface area contributed by atoms with Crippen molar-refractivity contribution in [3.63, 3.8) is 0 Å². The number of likely N-dealkylation sites (tertiary alicyclic amines) is 2. The summed E-state index contributed by atoms with van der Waals surface area (Å²) in [5, 5.41) is 19.8. The van der Waals surface area contributed by atoms with E-state index in [1.165, 1.54) is 48.1 Å². The molecule has 104 heavy (non-hydrogen) atoms. The van der Waals surface area contributed by atoms with Gasteiger partial charge < -0.3 is 61.6 Å². The quantitative estimate of drug-likeness (QED) is 0.0159. The number of amides is 12. The number of urea groups is 1. The fraction of sp³-hybridized carbons (Fsp3) is 0.662. The highest BCUT2D eigenvalue weighted by molar-refractivity contribution is 7.09. The van der Waals surface area contributed by atoms with E-state index in [2.05, 4.69) is 36.9 Å². The van der Waals surface area contributed by atoms with E-state index in [0.29, 0.717) is 69.3 Å². The third kappa shape index (κ3) is 24.5. The number of rotatable bonds is 40. The number of aromatic nitrogens is 1. The van der Waals surface area contributed by atoms with Crippen molar-refractivity contribution in [3.8, 4) is 0 Å². The number of primary amides is 1. The van der Waals surface area contributed by atoms with Gasteiger partial charge in [0.2, 0.25) is 53.2 Å². The van der Waals surface area contributed by atoms with E-state index >= 15 is 0 Å². The lowest BCUT2D eigenvalue weighted by Gasteiger charge is -2.41. The number of imide groups is 1. The van der Waals surface area contributed by atoms with Crippen molar-refractivity contribution in [1.29, 1.82) is 0 Å². The summed E-state index contributed by atoms with van der Waals surface area (Å²) in [7, 11) is 6.18. The number of carbonyl (C=O) groups is 11. The molecule has 3 fully saturated rings. The Morgan fingerprint density at radius 1 is 0.712 bits per heavy atom. The van der Waals surface area contributed by atoms with Crippen LogP contribution in [0.5, 0.6) is 0 Å². The molecule has 3 aromatic rings. The number of nitrogens with two attached hydrogens (primary N) is 1. The van der Waals surface area contributed by atoms with Crippen molar-refractivity contribution >= 4 is 82.3 Å². The van der Waals surface area contributed by atoms with Gasteiger partial charge in [-0.1, -0.05) is 143 Å². The molecule has 2 aliphatic heterocycles. The molecular weight excluding hydrogens is 1350 g/mol. The Morgan fingerprint density at radius 2 is 1.39 bits per heavy atom. The molecule has 27 heteroatoms. The molecule has 576 valence electrons. The van der Waals surface area contributed by atoms with E-state index in [4.69, 9.17) is 19.9 Å².